The van der Waals surface area contributed by atoms with Gasteiger partial charge in [0.15, 0.2) is 0 Å². The number of hydrogen-bond acceptors (Lipinski definition) is 5. The number of carboxylic acids is 2. The fraction of sp³-hybridized carbons (Fsp3) is 0.174. The van der Waals surface area contributed by atoms with Crippen LogP contribution in [0.4, 0.5) is 0 Å². The first-order valence-corrected chi connectivity index (χ1v) is 9.84. The predicted octanol–water partition coefficient (Wildman–Crippen LogP) is 2.25. The van der Waals surface area contributed by atoms with E-state index in [-0.39, 0.29) is 17.7 Å². The van der Waals surface area contributed by atoms with Crippen LogP contribution in [0.15, 0.2) is 65.5 Å². The van der Waals surface area contributed by atoms with Gasteiger partial charge in [-0.05, 0) is 12.5 Å². The number of rotatable bonds is 8. The maximum Gasteiger partial charge on any atom is 0.326 e. The Labute approximate surface area is 183 Å². The van der Waals surface area contributed by atoms with Crippen LogP contribution in [0.1, 0.15) is 23.7 Å². The van der Waals surface area contributed by atoms with Crippen molar-refractivity contribution in [1.82, 2.24) is 15.1 Å². The minimum absolute atomic E-state index is 0.172. The van der Waals surface area contributed by atoms with Gasteiger partial charge >= 0.3 is 11.9 Å². The number of nitrogens with zero attached hydrogens (tertiary/aromatic N) is 2. The molecule has 1 amide bonds. The molecule has 0 fully saturated rings. The third kappa shape index (κ3) is 4.72. The molecule has 3 rings (SSSR count). The molecule has 3 aromatic rings. The summed E-state index contributed by atoms with van der Waals surface area (Å²) in [5.74, 6) is -3.90. The Morgan fingerprint density at radius 2 is 1.53 bits per heavy atom. The van der Waals surface area contributed by atoms with Crippen LogP contribution in [0.5, 0.6) is 0 Å². The average Bonchev–Trinajstić information content (AvgIpc) is 2.79. The Bertz CT molecular complexity index is 1210. The maximum atomic E-state index is 13.2. The molecule has 0 aliphatic heterocycles. The SMILES string of the molecule is CCn1nc(-c2ccccc2)c(-c2ccccc2)c(C(=O)NC(CC(=O)O)C(=O)O)c1=O. The number of carbonyl (C=O) groups excluding carboxylic acids is 1. The molecule has 0 aliphatic carbocycles. The Morgan fingerprint density at radius 3 is 2.03 bits per heavy atom. The summed E-state index contributed by atoms with van der Waals surface area (Å²) in [7, 11) is 0. The quantitative estimate of drug-likeness (QED) is 0.493. The third-order valence-corrected chi connectivity index (χ3v) is 4.77. The summed E-state index contributed by atoms with van der Waals surface area (Å²) in [6.07, 6.45) is -0.833. The first kappa shape index (κ1) is 22.4. The lowest BCUT2D eigenvalue weighted by Gasteiger charge is -2.18. The molecule has 1 unspecified atom stereocenters. The minimum atomic E-state index is -1.70. The van der Waals surface area contributed by atoms with Crippen LogP contribution in [-0.4, -0.2) is 43.9 Å². The zero-order valence-corrected chi connectivity index (χ0v) is 17.2. The van der Waals surface area contributed by atoms with Crippen molar-refractivity contribution in [2.45, 2.75) is 25.9 Å². The first-order valence-electron chi connectivity index (χ1n) is 9.84. The number of carboxylic acid groups (broad SMARTS) is 2. The molecule has 2 aromatic carbocycles. The Balaban J connectivity index is 2.28. The molecule has 0 bridgehead atoms. The zero-order chi connectivity index (χ0) is 23.3. The normalized spacial score (nSPS) is 11.5. The topological polar surface area (TPSA) is 139 Å². The Morgan fingerprint density at radius 1 is 0.969 bits per heavy atom. The number of hydrogen-bond donors (Lipinski definition) is 3. The largest absolute Gasteiger partial charge is 0.481 e. The highest BCUT2D eigenvalue weighted by atomic mass is 16.4. The first-order chi connectivity index (χ1) is 15.3. The van der Waals surface area contributed by atoms with Crippen LogP contribution in [0.3, 0.4) is 0 Å². The molecule has 9 nitrogen and oxygen atoms in total. The van der Waals surface area contributed by atoms with Crippen molar-refractivity contribution in [2.24, 2.45) is 0 Å². The highest BCUT2D eigenvalue weighted by Crippen LogP contribution is 2.32. The second-order valence-corrected chi connectivity index (χ2v) is 6.91. The van der Waals surface area contributed by atoms with E-state index in [1.54, 1.807) is 61.5 Å². The Kier molecular flexibility index (Phi) is 6.79. The molecule has 32 heavy (non-hydrogen) atoms. The summed E-state index contributed by atoms with van der Waals surface area (Å²) < 4.78 is 1.12. The molecular formula is C23H21N3O6. The van der Waals surface area contributed by atoms with Crippen molar-refractivity contribution in [3.63, 3.8) is 0 Å². The fourth-order valence-electron chi connectivity index (χ4n) is 3.28. The van der Waals surface area contributed by atoms with Crippen molar-refractivity contribution >= 4 is 17.8 Å². The molecule has 0 spiro atoms. The number of aromatic nitrogens is 2. The van der Waals surface area contributed by atoms with Gasteiger partial charge in [-0.15, -0.1) is 0 Å². The van der Waals surface area contributed by atoms with Gasteiger partial charge in [-0.25, -0.2) is 9.48 Å². The predicted molar refractivity (Wildman–Crippen MR) is 116 cm³/mol. The molecule has 0 aliphatic rings. The highest BCUT2D eigenvalue weighted by molar-refractivity contribution is 6.05. The molecule has 0 saturated carbocycles. The van der Waals surface area contributed by atoms with Crippen LogP contribution in [-0.2, 0) is 16.1 Å². The van der Waals surface area contributed by atoms with E-state index in [1.165, 1.54) is 0 Å². The van der Waals surface area contributed by atoms with Crippen molar-refractivity contribution in [1.29, 1.82) is 0 Å². The van der Waals surface area contributed by atoms with Crippen LogP contribution < -0.4 is 10.9 Å². The molecule has 0 saturated heterocycles. The van der Waals surface area contributed by atoms with Gasteiger partial charge < -0.3 is 15.5 Å². The van der Waals surface area contributed by atoms with Crippen LogP contribution in [0, 0.1) is 0 Å². The molecule has 1 aromatic heterocycles. The van der Waals surface area contributed by atoms with E-state index in [9.17, 15) is 24.3 Å². The monoisotopic (exact) mass is 435 g/mol. The molecule has 1 atom stereocenters. The molecule has 1 heterocycles. The lowest BCUT2D eigenvalue weighted by atomic mass is 9.95. The van der Waals surface area contributed by atoms with E-state index in [1.807, 2.05) is 6.07 Å². The molecule has 9 heteroatoms. The van der Waals surface area contributed by atoms with Crippen LogP contribution >= 0.6 is 0 Å². The Hall–Kier alpha value is -4.27. The van der Waals surface area contributed by atoms with Crippen LogP contribution in [0.2, 0.25) is 0 Å². The van der Waals surface area contributed by atoms with Gasteiger partial charge in [0.25, 0.3) is 11.5 Å². The smallest absolute Gasteiger partial charge is 0.326 e. The number of aryl methyl sites for hydroxylation is 1. The minimum Gasteiger partial charge on any atom is -0.481 e. The van der Waals surface area contributed by atoms with Gasteiger partial charge in [-0.1, -0.05) is 60.7 Å². The molecule has 0 radical (unpaired) electrons. The van der Waals surface area contributed by atoms with E-state index < -0.39 is 35.9 Å². The van der Waals surface area contributed by atoms with Crippen molar-refractivity contribution in [2.75, 3.05) is 0 Å². The fourth-order valence-corrected chi connectivity index (χ4v) is 3.28. The van der Waals surface area contributed by atoms with Gasteiger partial charge in [0.1, 0.15) is 11.6 Å². The number of nitrogens with one attached hydrogen (secondary N) is 1. The second kappa shape index (κ2) is 9.69. The molecule has 3 N–H and O–H groups in total. The van der Waals surface area contributed by atoms with Gasteiger partial charge in [0, 0.05) is 17.7 Å². The second-order valence-electron chi connectivity index (χ2n) is 6.91. The summed E-state index contributed by atoms with van der Waals surface area (Å²) in [6, 6.07) is 15.9. The van der Waals surface area contributed by atoms with Gasteiger partial charge in [-0.3, -0.25) is 14.4 Å². The summed E-state index contributed by atoms with van der Waals surface area (Å²) >= 11 is 0. The summed E-state index contributed by atoms with van der Waals surface area (Å²) in [5.41, 5.74) is 0.793. The lowest BCUT2D eigenvalue weighted by Crippen LogP contribution is -2.45. The maximum absolute atomic E-state index is 13.2. The van der Waals surface area contributed by atoms with E-state index >= 15 is 0 Å². The average molecular weight is 435 g/mol. The number of aliphatic carboxylic acids is 2. The zero-order valence-electron chi connectivity index (χ0n) is 17.2. The van der Waals surface area contributed by atoms with Crippen LogP contribution in [0.25, 0.3) is 22.4 Å². The third-order valence-electron chi connectivity index (χ3n) is 4.77. The van der Waals surface area contributed by atoms with E-state index in [0.717, 1.165) is 4.68 Å². The van der Waals surface area contributed by atoms with E-state index in [2.05, 4.69) is 10.4 Å². The number of amides is 1. The van der Waals surface area contributed by atoms with Gasteiger partial charge in [0.2, 0.25) is 0 Å². The summed E-state index contributed by atoms with van der Waals surface area (Å²) in [5, 5.41) is 25.0. The summed E-state index contributed by atoms with van der Waals surface area (Å²) in [6.45, 7) is 1.86. The highest BCUT2D eigenvalue weighted by Gasteiger charge is 2.29. The van der Waals surface area contributed by atoms with Gasteiger partial charge in [0.05, 0.1) is 12.1 Å². The van der Waals surface area contributed by atoms with E-state index in [4.69, 9.17) is 5.11 Å². The summed E-state index contributed by atoms with van der Waals surface area (Å²) in [4.78, 5) is 48.9. The number of benzene rings is 2. The van der Waals surface area contributed by atoms with Crippen molar-refractivity contribution in [3.05, 3.63) is 76.6 Å². The van der Waals surface area contributed by atoms with Crippen molar-refractivity contribution < 1.29 is 24.6 Å². The van der Waals surface area contributed by atoms with E-state index in [0.29, 0.717) is 16.8 Å². The molecular weight excluding hydrogens is 414 g/mol. The van der Waals surface area contributed by atoms with Gasteiger partial charge in [-0.2, -0.15) is 5.10 Å². The molecule has 164 valence electrons. The van der Waals surface area contributed by atoms with Crippen molar-refractivity contribution in [3.8, 4) is 22.4 Å². The number of carbonyl (C=O) groups is 3. The standard InChI is InChI=1S/C23H21N3O6/c1-2-26-22(30)19(21(29)24-16(23(31)32)13-17(27)28)18(14-9-5-3-6-10-14)20(25-26)15-11-7-4-8-12-15/h3-12,16H,2,13H2,1H3,(H,24,29)(H,27,28)(H,31,32). The lowest BCUT2D eigenvalue weighted by molar-refractivity contribution is -0.145.